The average molecular weight is 457 g/mol. The molecular weight excluding hydrogens is 436 g/mol. The lowest BCUT2D eigenvalue weighted by Crippen LogP contribution is -2.52. The maximum absolute atomic E-state index is 12.7. The van der Waals surface area contributed by atoms with Crippen molar-refractivity contribution >= 4 is 44.9 Å². The third-order valence-corrected chi connectivity index (χ3v) is 7.45. The molecule has 8 nitrogen and oxygen atoms in total. The summed E-state index contributed by atoms with van der Waals surface area (Å²) < 4.78 is 26.7. The Bertz CT molecular complexity index is 941. The Hall–Kier alpha value is -1.98. The van der Waals surface area contributed by atoms with Crippen LogP contribution in [0, 0.1) is 0 Å². The molecule has 1 saturated heterocycles. The van der Waals surface area contributed by atoms with E-state index in [9.17, 15) is 18.0 Å². The third-order valence-electron chi connectivity index (χ3n) is 4.41. The number of hydrogen-bond donors (Lipinski definition) is 2. The number of hydrogen-bond acceptors (Lipinski definition) is 6. The van der Waals surface area contributed by atoms with Crippen LogP contribution in [-0.2, 0) is 21.4 Å². The Morgan fingerprint density at radius 3 is 2.38 bits per heavy atom. The molecular formula is C18H21ClN4O4S2. The zero-order chi connectivity index (χ0) is 20.9. The van der Waals surface area contributed by atoms with Gasteiger partial charge >= 0.3 is 6.03 Å². The molecule has 0 bridgehead atoms. The van der Waals surface area contributed by atoms with Gasteiger partial charge in [-0.15, -0.1) is 11.3 Å². The van der Waals surface area contributed by atoms with E-state index >= 15 is 0 Å². The summed E-state index contributed by atoms with van der Waals surface area (Å²) in [5.74, 6) is -0.428. The highest BCUT2D eigenvalue weighted by atomic mass is 35.5. The molecule has 3 rings (SSSR count). The van der Waals surface area contributed by atoms with E-state index in [0.717, 1.165) is 4.88 Å². The van der Waals surface area contributed by atoms with Crippen molar-refractivity contribution in [2.45, 2.75) is 11.4 Å². The van der Waals surface area contributed by atoms with E-state index in [1.807, 2.05) is 22.4 Å². The van der Waals surface area contributed by atoms with Crippen LogP contribution in [0.4, 0.5) is 4.79 Å². The SMILES string of the molecule is O=C(CN1CCN(S(=O)(=O)c2ccc(Cl)cc2)CC1)NC(=O)NCc1cccs1. The average Bonchev–Trinajstić information content (AvgIpc) is 3.21. The van der Waals surface area contributed by atoms with E-state index in [1.165, 1.54) is 27.8 Å². The number of sulfonamides is 1. The first-order valence-corrected chi connectivity index (χ1v) is 11.6. The quantitative estimate of drug-likeness (QED) is 0.689. The third kappa shape index (κ3) is 6.00. The fourth-order valence-corrected chi connectivity index (χ4v) is 5.07. The molecule has 1 aliphatic rings. The maximum atomic E-state index is 12.7. The van der Waals surface area contributed by atoms with Crippen LogP contribution in [0.1, 0.15) is 4.88 Å². The predicted molar refractivity (Wildman–Crippen MR) is 111 cm³/mol. The van der Waals surface area contributed by atoms with Gasteiger partial charge in [-0.25, -0.2) is 13.2 Å². The molecule has 29 heavy (non-hydrogen) atoms. The van der Waals surface area contributed by atoms with Crippen molar-refractivity contribution in [3.8, 4) is 0 Å². The monoisotopic (exact) mass is 456 g/mol. The normalized spacial score (nSPS) is 15.8. The Morgan fingerprint density at radius 2 is 1.76 bits per heavy atom. The highest BCUT2D eigenvalue weighted by molar-refractivity contribution is 7.89. The molecule has 3 amide bonds. The summed E-state index contributed by atoms with van der Waals surface area (Å²) >= 11 is 7.33. The van der Waals surface area contributed by atoms with Crippen molar-refractivity contribution < 1.29 is 18.0 Å². The van der Waals surface area contributed by atoms with Gasteiger partial charge in [-0.1, -0.05) is 17.7 Å². The van der Waals surface area contributed by atoms with Gasteiger partial charge in [-0.05, 0) is 35.7 Å². The van der Waals surface area contributed by atoms with Gasteiger partial charge in [0.1, 0.15) is 0 Å². The van der Waals surface area contributed by atoms with Crippen molar-refractivity contribution in [3.63, 3.8) is 0 Å². The van der Waals surface area contributed by atoms with E-state index in [2.05, 4.69) is 10.6 Å². The fourth-order valence-electron chi connectivity index (χ4n) is 2.88. The van der Waals surface area contributed by atoms with E-state index in [4.69, 9.17) is 11.6 Å². The second-order valence-corrected chi connectivity index (χ2v) is 9.85. The first kappa shape index (κ1) is 21.7. The largest absolute Gasteiger partial charge is 0.333 e. The molecule has 2 N–H and O–H groups in total. The number of carbonyl (C=O) groups excluding carboxylic acids is 2. The lowest BCUT2D eigenvalue weighted by atomic mass is 10.3. The Balaban J connectivity index is 1.43. The standard InChI is InChI=1S/C18H21ClN4O4S2/c19-14-3-5-16(6-4-14)29(26,27)23-9-7-22(8-10-23)13-17(24)21-18(25)20-12-15-2-1-11-28-15/h1-6,11H,7-10,12-13H2,(H2,20,21,24,25). The minimum absolute atomic E-state index is 0.0290. The number of nitrogens with zero attached hydrogens (tertiary/aromatic N) is 2. The lowest BCUT2D eigenvalue weighted by Gasteiger charge is -2.33. The minimum Gasteiger partial charge on any atom is -0.333 e. The molecule has 2 aromatic rings. The number of urea groups is 1. The Morgan fingerprint density at radius 1 is 1.07 bits per heavy atom. The molecule has 0 unspecified atom stereocenters. The predicted octanol–water partition coefficient (Wildman–Crippen LogP) is 1.73. The van der Waals surface area contributed by atoms with Gasteiger partial charge in [-0.2, -0.15) is 4.31 Å². The zero-order valence-corrected chi connectivity index (χ0v) is 17.9. The van der Waals surface area contributed by atoms with Gasteiger partial charge in [0.2, 0.25) is 15.9 Å². The maximum Gasteiger partial charge on any atom is 0.321 e. The molecule has 1 aromatic heterocycles. The minimum atomic E-state index is -3.59. The number of rotatable bonds is 6. The number of thiophene rings is 1. The number of benzene rings is 1. The lowest BCUT2D eigenvalue weighted by molar-refractivity contribution is -0.121. The van der Waals surface area contributed by atoms with Gasteiger partial charge in [0.05, 0.1) is 18.0 Å². The van der Waals surface area contributed by atoms with Gasteiger partial charge in [0.25, 0.3) is 0 Å². The van der Waals surface area contributed by atoms with Crippen LogP contribution >= 0.6 is 22.9 Å². The Labute approximate surface area is 178 Å². The summed E-state index contributed by atoms with van der Waals surface area (Å²) in [5, 5.41) is 7.30. The van der Waals surface area contributed by atoms with Crippen molar-refractivity contribution in [3.05, 3.63) is 51.7 Å². The number of imide groups is 1. The molecule has 1 fully saturated rings. The van der Waals surface area contributed by atoms with Crippen LogP contribution in [0.3, 0.4) is 0 Å². The summed E-state index contributed by atoms with van der Waals surface area (Å²) in [4.78, 5) is 26.9. The van der Waals surface area contributed by atoms with Crippen molar-refractivity contribution in [1.82, 2.24) is 19.8 Å². The number of piperazine rings is 1. The smallest absolute Gasteiger partial charge is 0.321 e. The topological polar surface area (TPSA) is 98.8 Å². The number of amides is 3. The molecule has 0 spiro atoms. The summed E-state index contributed by atoms with van der Waals surface area (Å²) in [5.41, 5.74) is 0. The van der Waals surface area contributed by atoms with Crippen LogP contribution in [0.15, 0.2) is 46.7 Å². The van der Waals surface area contributed by atoms with Crippen LogP contribution < -0.4 is 10.6 Å². The van der Waals surface area contributed by atoms with Crippen molar-refractivity contribution in [2.75, 3.05) is 32.7 Å². The first-order valence-electron chi connectivity index (χ1n) is 8.93. The molecule has 1 aromatic carbocycles. The van der Waals surface area contributed by atoms with E-state index in [-0.39, 0.29) is 24.5 Å². The van der Waals surface area contributed by atoms with Crippen LogP contribution in [0.5, 0.6) is 0 Å². The van der Waals surface area contributed by atoms with Crippen molar-refractivity contribution in [2.24, 2.45) is 0 Å². The molecule has 0 radical (unpaired) electrons. The fraction of sp³-hybridized carbons (Fsp3) is 0.333. The summed E-state index contributed by atoms with van der Waals surface area (Å²) in [6, 6.07) is 9.27. The second-order valence-electron chi connectivity index (χ2n) is 6.44. The van der Waals surface area contributed by atoms with Crippen molar-refractivity contribution in [1.29, 1.82) is 0 Å². The summed E-state index contributed by atoms with van der Waals surface area (Å²) in [6.45, 7) is 1.72. The van der Waals surface area contributed by atoms with Gasteiger partial charge < -0.3 is 5.32 Å². The number of nitrogens with one attached hydrogen (secondary N) is 2. The van der Waals surface area contributed by atoms with E-state index in [0.29, 0.717) is 24.7 Å². The van der Waals surface area contributed by atoms with Crippen LogP contribution in [-0.4, -0.2) is 62.3 Å². The molecule has 0 saturated carbocycles. The van der Waals surface area contributed by atoms with Gasteiger partial charge in [0, 0.05) is 36.1 Å². The highest BCUT2D eigenvalue weighted by Gasteiger charge is 2.29. The highest BCUT2D eigenvalue weighted by Crippen LogP contribution is 2.19. The molecule has 1 aliphatic heterocycles. The summed E-state index contributed by atoms with van der Waals surface area (Å²) in [6.07, 6.45) is 0. The van der Waals surface area contributed by atoms with Gasteiger partial charge in [-0.3, -0.25) is 15.0 Å². The molecule has 0 atom stereocenters. The van der Waals surface area contributed by atoms with Crippen LogP contribution in [0.25, 0.3) is 0 Å². The second kappa shape index (κ2) is 9.68. The number of halogens is 1. The van der Waals surface area contributed by atoms with Gasteiger partial charge in [0.15, 0.2) is 0 Å². The molecule has 11 heteroatoms. The zero-order valence-electron chi connectivity index (χ0n) is 15.5. The van der Waals surface area contributed by atoms with E-state index in [1.54, 1.807) is 12.1 Å². The summed E-state index contributed by atoms with van der Waals surface area (Å²) in [7, 11) is -3.59. The first-order chi connectivity index (χ1) is 13.8. The molecule has 2 heterocycles. The van der Waals surface area contributed by atoms with E-state index < -0.39 is 22.0 Å². The molecule has 156 valence electrons. The van der Waals surface area contributed by atoms with Crippen LogP contribution in [0.2, 0.25) is 5.02 Å². The Kier molecular flexibility index (Phi) is 7.25. The molecule has 0 aliphatic carbocycles. The number of carbonyl (C=O) groups is 2.